The molecule has 1 aliphatic carbocycles. The molecule has 0 spiro atoms. The van der Waals surface area contributed by atoms with Crippen molar-refractivity contribution in [2.45, 2.75) is 59.4 Å². The molecule has 1 aromatic heterocycles. The number of hydrogen-bond acceptors (Lipinski definition) is 3. The molecular weight excluding hydrogens is 256 g/mol. The van der Waals surface area contributed by atoms with Crippen LogP contribution < -0.4 is 5.69 Å². The lowest BCUT2D eigenvalue weighted by atomic mass is 10.0. The van der Waals surface area contributed by atoms with E-state index in [9.17, 15) is 9.59 Å². The zero-order valence-corrected chi connectivity index (χ0v) is 12.4. The van der Waals surface area contributed by atoms with Crippen LogP contribution >= 0.6 is 0 Å². The molecule has 0 atom stereocenters. The van der Waals surface area contributed by atoms with E-state index in [0.717, 1.165) is 24.1 Å². The summed E-state index contributed by atoms with van der Waals surface area (Å²) in [6.45, 7) is 6.67. The van der Waals surface area contributed by atoms with Gasteiger partial charge < -0.3 is 5.11 Å². The number of carboxylic acids is 1. The van der Waals surface area contributed by atoms with Gasteiger partial charge in [-0.15, -0.1) is 0 Å². The molecule has 1 aromatic rings. The van der Waals surface area contributed by atoms with Gasteiger partial charge in [0.15, 0.2) is 0 Å². The van der Waals surface area contributed by atoms with Crippen LogP contribution in [-0.4, -0.2) is 20.6 Å². The van der Waals surface area contributed by atoms with Gasteiger partial charge in [-0.3, -0.25) is 9.36 Å². The Balaban J connectivity index is 2.55. The molecule has 1 fully saturated rings. The van der Waals surface area contributed by atoms with Crippen molar-refractivity contribution >= 4 is 5.97 Å². The number of aryl methyl sites for hydroxylation is 1. The third-order valence-corrected chi connectivity index (χ3v) is 4.13. The fourth-order valence-electron chi connectivity index (χ4n) is 2.66. The first-order valence-corrected chi connectivity index (χ1v) is 7.23. The number of rotatable bonds is 6. The molecule has 110 valence electrons. The Labute approximate surface area is 118 Å². The van der Waals surface area contributed by atoms with Gasteiger partial charge in [0.2, 0.25) is 0 Å². The molecule has 5 nitrogen and oxygen atoms in total. The lowest BCUT2D eigenvalue weighted by Crippen LogP contribution is -2.32. The van der Waals surface area contributed by atoms with Crippen LogP contribution in [0.4, 0.5) is 0 Å². The molecule has 5 heteroatoms. The van der Waals surface area contributed by atoms with Gasteiger partial charge in [-0.05, 0) is 31.1 Å². The first-order valence-electron chi connectivity index (χ1n) is 7.23. The standard InChI is InChI=1S/C15H22N2O3/c1-4-11-10(8-13(18)19)12(5-2)17(14(20)16-11)9-15(3)6-7-15/h4-9H2,1-3H3,(H,18,19). The summed E-state index contributed by atoms with van der Waals surface area (Å²) in [5.41, 5.74) is 2.15. The fourth-order valence-corrected chi connectivity index (χ4v) is 2.66. The van der Waals surface area contributed by atoms with Crippen LogP contribution in [0.2, 0.25) is 0 Å². The molecule has 2 rings (SSSR count). The zero-order chi connectivity index (χ0) is 14.9. The number of hydrogen-bond donors (Lipinski definition) is 1. The highest BCUT2D eigenvalue weighted by molar-refractivity contribution is 5.71. The summed E-state index contributed by atoms with van der Waals surface area (Å²) in [6.07, 6.45) is 3.42. The molecule has 1 aliphatic rings. The van der Waals surface area contributed by atoms with E-state index in [-0.39, 0.29) is 17.5 Å². The largest absolute Gasteiger partial charge is 0.481 e. The van der Waals surface area contributed by atoms with Crippen molar-refractivity contribution in [3.63, 3.8) is 0 Å². The lowest BCUT2D eigenvalue weighted by molar-refractivity contribution is -0.136. The normalized spacial score (nSPS) is 16.1. The summed E-state index contributed by atoms with van der Waals surface area (Å²) in [4.78, 5) is 27.4. The van der Waals surface area contributed by atoms with Crippen molar-refractivity contribution in [3.8, 4) is 0 Å². The minimum absolute atomic E-state index is 0.0592. The number of aromatic nitrogens is 2. The maximum Gasteiger partial charge on any atom is 0.348 e. The first kappa shape index (κ1) is 14.8. The van der Waals surface area contributed by atoms with E-state index in [1.54, 1.807) is 4.57 Å². The first-order chi connectivity index (χ1) is 9.40. The lowest BCUT2D eigenvalue weighted by Gasteiger charge is -2.19. The molecule has 0 saturated heterocycles. The predicted molar refractivity (Wildman–Crippen MR) is 75.9 cm³/mol. The van der Waals surface area contributed by atoms with Gasteiger partial charge in [0.25, 0.3) is 0 Å². The molecule has 1 N–H and O–H groups in total. The molecule has 1 saturated carbocycles. The summed E-state index contributed by atoms with van der Waals surface area (Å²) in [6, 6.07) is 0. The maximum atomic E-state index is 12.2. The monoisotopic (exact) mass is 278 g/mol. The van der Waals surface area contributed by atoms with Crippen molar-refractivity contribution in [1.29, 1.82) is 0 Å². The maximum absolute atomic E-state index is 12.2. The van der Waals surface area contributed by atoms with Gasteiger partial charge >= 0.3 is 11.7 Å². The van der Waals surface area contributed by atoms with Crippen molar-refractivity contribution < 1.29 is 9.90 Å². The summed E-state index contributed by atoms with van der Waals surface area (Å²) < 4.78 is 1.70. The van der Waals surface area contributed by atoms with E-state index in [0.29, 0.717) is 25.1 Å². The molecule has 0 amide bonds. The van der Waals surface area contributed by atoms with Crippen molar-refractivity contribution in [1.82, 2.24) is 9.55 Å². The SMILES string of the molecule is CCc1nc(=O)n(CC2(C)CC2)c(CC)c1CC(=O)O. The summed E-state index contributed by atoms with van der Waals surface area (Å²) in [5.74, 6) is -0.876. The molecule has 0 aliphatic heterocycles. The zero-order valence-electron chi connectivity index (χ0n) is 12.4. The molecule has 1 heterocycles. The van der Waals surface area contributed by atoms with Gasteiger partial charge in [0.05, 0.1) is 12.1 Å². The molecule has 0 radical (unpaired) electrons. The van der Waals surface area contributed by atoms with Crippen LogP contribution in [0, 0.1) is 5.41 Å². The highest BCUT2D eigenvalue weighted by atomic mass is 16.4. The second-order valence-electron chi connectivity index (χ2n) is 5.94. The van der Waals surface area contributed by atoms with Crippen molar-refractivity contribution in [2.24, 2.45) is 5.41 Å². The van der Waals surface area contributed by atoms with Gasteiger partial charge in [0, 0.05) is 17.8 Å². The van der Waals surface area contributed by atoms with Crippen molar-refractivity contribution in [2.75, 3.05) is 0 Å². The van der Waals surface area contributed by atoms with Gasteiger partial charge in [-0.2, -0.15) is 4.98 Å². The molecule has 0 bridgehead atoms. The molecule has 20 heavy (non-hydrogen) atoms. The topological polar surface area (TPSA) is 72.2 Å². The summed E-state index contributed by atoms with van der Waals surface area (Å²) in [5, 5.41) is 9.10. The fraction of sp³-hybridized carbons (Fsp3) is 0.667. The molecular formula is C15H22N2O3. The molecule has 0 aromatic carbocycles. The smallest absolute Gasteiger partial charge is 0.348 e. The quantitative estimate of drug-likeness (QED) is 0.861. The van der Waals surface area contributed by atoms with Crippen LogP contribution in [-0.2, 0) is 30.6 Å². The van der Waals surface area contributed by atoms with Crippen molar-refractivity contribution in [3.05, 3.63) is 27.4 Å². The van der Waals surface area contributed by atoms with Crippen LogP contribution in [0.5, 0.6) is 0 Å². The predicted octanol–water partition coefficient (Wildman–Crippen LogP) is 1.80. The van der Waals surface area contributed by atoms with Gasteiger partial charge in [0.1, 0.15) is 0 Å². The average molecular weight is 278 g/mol. The minimum Gasteiger partial charge on any atom is -0.481 e. The van der Waals surface area contributed by atoms with Crippen LogP contribution in [0.1, 0.15) is 50.6 Å². The third kappa shape index (κ3) is 2.92. The average Bonchev–Trinajstić information content (AvgIpc) is 3.10. The van der Waals surface area contributed by atoms with Gasteiger partial charge in [-0.1, -0.05) is 20.8 Å². The Morgan fingerprint density at radius 3 is 2.45 bits per heavy atom. The van der Waals surface area contributed by atoms with E-state index in [1.807, 2.05) is 13.8 Å². The number of nitrogens with zero attached hydrogens (tertiary/aromatic N) is 2. The summed E-state index contributed by atoms with van der Waals surface area (Å²) in [7, 11) is 0. The Bertz CT molecular complexity index is 586. The van der Waals surface area contributed by atoms with Crippen LogP contribution in [0.15, 0.2) is 4.79 Å². The Hall–Kier alpha value is -1.65. The van der Waals surface area contributed by atoms with Gasteiger partial charge in [-0.25, -0.2) is 4.79 Å². The minimum atomic E-state index is -0.876. The van der Waals surface area contributed by atoms with E-state index in [1.165, 1.54) is 0 Å². The highest BCUT2D eigenvalue weighted by Crippen LogP contribution is 2.46. The Morgan fingerprint density at radius 2 is 2.00 bits per heavy atom. The number of aliphatic carboxylic acids is 1. The Morgan fingerprint density at radius 1 is 1.35 bits per heavy atom. The van der Waals surface area contributed by atoms with Crippen LogP contribution in [0.3, 0.4) is 0 Å². The number of carbonyl (C=O) groups is 1. The summed E-state index contributed by atoms with van der Waals surface area (Å²) >= 11 is 0. The van der Waals surface area contributed by atoms with E-state index in [2.05, 4.69) is 11.9 Å². The second kappa shape index (κ2) is 5.38. The Kier molecular flexibility index (Phi) is 3.97. The molecule has 0 unspecified atom stereocenters. The highest BCUT2D eigenvalue weighted by Gasteiger charge is 2.38. The third-order valence-electron chi connectivity index (χ3n) is 4.13. The van der Waals surface area contributed by atoms with Crippen LogP contribution in [0.25, 0.3) is 0 Å². The number of carboxylic acid groups (broad SMARTS) is 1. The van der Waals surface area contributed by atoms with E-state index >= 15 is 0 Å². The second-order valence-corrected chi connectivity index (χ2v) is 5.94. The van der Waals surface area contributed by atoms with E-state index < -0.39 is 5.97 Å². The van der Waals surface area contributed by atoms with E-state index in [4.69, 9.17) is 5.11 Å².